The van der Waals surface area contributed by atoms with Crippen molar-refractivity contribution in [2.75, 3.05) is 6.54 Å². The zero-order valence-electron chi connectivity index (χ0n) is 11.5. The molecule has 7 heteroatoms. The number of nitrogens with zero attached hydrogens (tertiary/aromatic N) is 1. The maximum atomic E-state index is 12.7. The number of rotatable bonds is 5. The first-order chi connectivity index (χ1) is 10.5. The smallest absolute Gasteiger partial charge is 0.270 e. The highest BCUT2D eigenvalue weighted by Crippen LogP contribution is 2.07. The summed E-state index contributed by atoms with van der Waals surface area (Å²) in [5.41, 5.74) is 0.899. The van der Waals surface area contributed by atoms with E-state index in [-0.39, 0.29) is 30.5 Å². The maximum absolute atomic E-state index is 12.7. The fourth-order valence-electron chi connectivity index (χ4n) is 1.65. The van der Waals surface area contributed by atoms with Crippen LogP contribution in [0.15, 0.2) is 42.6 Å². The van der Waals surface area contributed by atoms with Crippen LogP contribution in [0, 0.1) is 5.82 Å². The van der Waals surface area contributed by atoms with Gasteiger partial charge in [-0.15, -0.1) is 0 Å². The van der Waals surface area contributed by atoms with E-state index in [0.717, 1.165) is 5.56 Å². The van der Waals surface area contributed by atoms with Gasteiger partial charge in [0.05, 0.1) is 6.54 Å². The van der Waals surface area contributed by atoms with Gasteiger partial charge in [0.25, 0.3) is 5.91 Å². The molecule has 0 spiro atoms. The molecule has 0 fully saturated rings. The third kappa shape index (κ3) is 4.82. The summed E-state index contributed by atoms with van der Waals surface area (Å²) in [5, 5.41) is 5.44. The quantitative estimate of drug-likeness (QED) is 0.884. The molecule has 1 heterocycles. The lowest BCUT2D eigenvalue weighted by molar-refractivity contribution is -0.120. The Labute approximate surface area is 131 Å². The normalized spacial score (nSPS) is 10.1. The van der Waals surface area contributed by atoms with Crippen molar-refractivity contribution in [2.24, 2.45) is 0 Å². The van der Waals surface area contributed by atoms with Crippen LogP contribution >= 0.6 is 11.6 Å². The van der Waals surface area contributed by atoms with Crippen molar-refractivity contribution >= 4 is 23.4 Å². The highest BCUT2D eigenvalue weighted by atomic mass is 35.5. The number of pyridine rings is 1. The number of halogens is 2. The summed E-state index contributed by atoms with van der Waals surface area (Å²) in [6.45, 7) is 0.0681. The molecule has 0 radical (unpaired) electrons. The van der Waals surface area contributed by atoms with Gasteiger partial charge in [0, 0.05) is 17.8 Å². The van der Waals surface area contributed by atoms with Crippen molar-refractivity contribution in [1.82, 2.24) is 15.6 Å². The summed E-state index contributed by atoms with van der Waals surface area (Å²) in [6, 6.07) is 8.73. The topological polar surface area (TPSA) is 71.1 Å². The summed E-state index contributed by atoms with van der Waals surface area (Å²) in [4.78, 5) is 27.3. The van der Waals surface area contributed by atoms with E-state index in [0.29, 0.717) is 5.02 Å². The number of nitrogens with one attached hydrogen (secondary N) is 2. The number of carbonyl (C=O) groups is 2. The summed E-state index contributed by atoms with van der Waals surface area (Å²) < 4.78 is 12.7. The van der Waals surface area contributed by atoms with Crippen LogP contribution in [0.1, 0.15) is 16.1 Å². The lowest BCUT2D eigenvalue weighted by atomic mass is 10.2. The van der Waals surface area contributed by atoms with Crippen molar-refractivity contribution in [2.45, 2.75) is 6.54 Å². The molecule has 5 nitrogen and oxygen atoms in total. The minimum Gasteiger partial charge on any atom is -0.350 e. The van der Waals surface area contributed by atoms with Crippen LogP contribution in [0.25, 0.3) is 0 Å². The van der Waals surface area contributed by atoms with E-state index in [1.807, 2.05) is 0 Å². The summed E-state index contributed by atoms with van der Waals surface area (Å²) in [7, 11) is 0. The van der Waals surface area contributed by atoms with Gasteiger partial charge in [0.15, 0.2) is 0 Å². The van der Waals surface area contributed by atoms with Gasteiger partial charge < -0.3 is 10.6 Å². The molecule has 1 aromatic heterocycles. The third-order valence-corrected chi connectivity index (χ3v) is 3.00. The first kappa shape index (κ1) is 15.9. The number of benzene rings is 1. The molecule has 1 aromatic carbocycles. The molecule has 0 saturated heterocycles. The average Bonchev–Trinajstić information content (AvgIpc) is 2.52. The van der Waals surface area contributed by atoms with E-state index >= 15 is 0 Å². The maximum Gasteiger partial charge on any atom is 0.270 e. The Morgan fingerprint density at radius 2 is 1.86 bits per heavy atom. The van der Waals surface area contributed by atoms with Crippen LogP contribution in [-0.2, 0) is 11.3 Å². The van der Waals surface area contributed by atoms with E-state index in [9.17, 15) is 14.0 Å². The monoisotopic (exact) mass is 321 g/mol. The molecule has 0 aliphatic carbocycles. The molecule has 0 bridgehead atoms. The van der Waals surface area contributed by atoms with Gasteiger partial charge in [-0.05, 0) is 29.8 Å². The Kier molecular flexibility index (Phi) is 5.43. The van der Waals surface area contributed by atoms with E-state index in [1.54, 1.807) is 18.2 Å². The second kappa shape index (κ2) is 7.51. The van der Waals surface area contributed by atoms with Gasteiger partial charge in [0.1, 0.15) is 11.5 Å². The van der Waals surface area contributed by atoms with Gasteiger partial charge in [-0.2, -0.15) is 0 Å². The lowest BCUT2D eigenvalue weighted by Crippen LogP contribution is -2.36. The number of hydrogen-bond acceptors (Lipinski definition) is 3. The number of amides is 2. The number of carbonyl (C=O) groups excluding carboxylic acids is 2. The van der Waals surface area contributed by atoms with Crippen molar-refractivity contribution in [3.63, 3.8) is 0 Å². The van der Waals surface area contributed by atoms with E-state index in [4.69, 9.17) is 11.6 Å². The zero-order valence-corrected chi connectivity index (χ0v) is 12.2. The minimum atomic E-state index is -0.487. The summed E-state index contributed by atoms with van der Waals surface area (Å²) in [6.07, 6.45) is 1.41. The molecule has 0 aliphatic rings. The Morgan fingerprint density at radius 3 is 2.55 bits per heavy atom. The molecule has 2 aromatic rings. The second-order valence-corrected chi connectivity index (χ2v) is 4.88. The minimum absolute atomic E-state index is 0.138. The molecular weight excluding hydrogens is 309 g/mol. The molecular formula is C15H13ClFN3O2. The first-order valence-corrected chi connectivity index (χ1v) is 6.83. The Balaban J connectivity index is 1.78. The van der Waals surface area contributed by atoms with Crippen molar-refractivity contribution in [1.29, 1.82) is 0 Å². The van der Waals surface area contributed by atoms with Gasteiger partial charge in [-0.1, -0.05) is 23.7 Å². The second-order valence-electron chi connectivity index (χ2n) is 4.45. The molecule has 0 unspecified atom stereocenters. The third-order valence-electron chi connectivity index (χ3n) is 2.77. The molecule has 0 atom stereocenters. The number of aromatic nitrogens is 1. The van der Waals surface area contributed by atoms with Crippen molar-refractivity contribution in [3.8, 4) is 0 Å². The molecule has 0 saturated carbocycles. The van der Waals surface area contributed by atoms with Crippen LogP contribution < -0.4 is 10.6 Å². The molecule has 2 N–H and O–H groups in total. The predicted octanol–water partition coefficient (Wildman–Crippen LogP) is 1.92. The van der Waals surface area contributed by atoms with Gasteiger partial charge in [0.2, 0.25) is 5.91 Å². The predicted molar refractivity (Wildman–Crippen MR) is 79.8 cm³/mol. The molecule has 2 amide bonds. The van der Waals surface area contributed by atoms with Crippen molar-refractivity contribution < 1.29 is 14.0 Å². The average molecular weight is 322 g/mol. The highest BCUT2D eigenvalue weighted by molar-refractivity contribution is 6.30. The largest absolute Gasteiger partial charge is 0.350 e. The first-order valence-electron chi connectivity index (χ1n) is 6.45. The Morgan fingerprint density at radius 1 is 1.14 bits per heavy atom. The SMILES string of the molecule is O=C(CNC(=O)c1cc(Cl)ccn1)NCc1ccc(F)cc1. The van der Waals surface area contributed by atoms with Crippen LogP contribution in [0.4, 0.5) is 4.39 Å². The van der Waals surface area contributed by atoms with Crippen LogP contribution in [-0.4, -0.2) is 23.3 Å². The Bertz CT molecular complexity index is 677. The summed E-state index contributed by atoms with van der Waals surface area (Å²) >= 11 is 5.75. The molecule has 0 aliphatic heterocycles. The van der Waals surface area contributed by atoms with E-state index in [2.05, 4.69) is 15.6 Å². The van der Waals surface area contributed by atoms with Gasteiger partial charge in [-0.3, -0.25) is 14.6 Å². The van der Waals surface area contributed by atoms with Crippen LogP contribution in [0.5, 0.6) is 0 Å². The van der Waals surface area contributed by atoms with Gasteiger partial charge in [-0.25, -0.2) is 4.39 Å². The van der Waals surface area contributed by atoms with Crippen molar-refractivity contribution in [3.05, 3.63) is 64.7 Å². The molecule has 114 valence electrons. The van der Waals surface area contributed by atoms with E-state index < -0.39 is 5.91 Å². The Hall–Kier alpha value is -2.47. The number of hydrogen-bond donors (Lipinski definition) is 2. The summed E-state index contributed by atoms with van der Waals surface area (Å²) in [5.74, 6) is -1.18. The molecule has 22 heavy (non-hydrogen) atoms. The van der Waals surface area contributed by atoms with Crippen LogP contribution in [0.3, 0.4) is 0 Å². The lowest BCUT2D eigenvalue weighted by Gasteiger charge is -2.07. The fraction of sp³-hybridized carbons (Fsp3) is 0.133. The highest BCUT2D eigenvalue weighted by Gasteiger charge is 2.09. The molecule has 2 rings (SSSR count). The van der Waals surface area contributed by atoms with Gasteiger partial charge >= 0.3 is 0 Å². The standard InChI is InChI=1S/C15H13ClFN3O2/c16-11-5-6-18-13(7-11)15(22)20-9-14(21)19-8-10-1-3-12(17)4-2-10/h1-7H,8-9H2,(H,19,21)(H,20,22). The fourth-order valence-corrected chi connectivity index (χ4v) is 1.81. The van der Waals surface area contributed by atoms with E-state index in [1.165, 1.54) is 24.4 Å². The zero-order chi connectivity index (χ0) is 15.9. The van der Waals surface area contributed by atoms with Crippen LogP contribution in [0.2, 0.25) is 5.02 Å².